The van der Waals surface area contributed by atoms with Crippen LogP contribution in [0.4, 0.5) is 23.7 Å². The lowest BCUT2D eigenvalue weighted by atomic mass is 9.71. The highest BCUT2D eigenvalue weighted by atomic mass is 19.4. The van der Waals surface area contributed by atoms with Crippen molar-refractivity contribution in [2.24, 2.45) is 11.3 Å². The molecule has 0 bridgehead atoms. The molecule has 4 rings (SSSR count). The maximum atomic E-state index is 12.9. The van der Waals surface area contributed by atoms with Gasteiger partial charge in [0.15, 0.2) is 0 Å². The molecule has 3 heterocycles. The number of anilines is 1. The lowest BCUT2D eigenvalue weighted by Crippen LogP contribution is -2.41. The second kappa shape index (κ2) is 6.54. The largest absolute Gasteiger partial charge is 0.417 e. The first-order chi connectivity index (χ1) is 12.8. The summed E-state index contributed by atoms with van der Waals surface area (Å²) < 4.78 is 44.2. The molecule has 2 atom stereocenters. The Kier molecular flexibility index (Phi) is 4.44. The van der Waals surface area contributed by atoms with E-state index in [4.69, 9.17) is 4.74 Å². The smallest absolute Gasteiger partial charge is 0.381 e. The zero-order valence-electron chi connectivity index (χ0n) is 14.8. The molecule has 1 spiro atoms. The van der Waals surface area contributed by atoms with Crippen LogP contribution in [0, 0.1) is 11.3 Å². The van der Waals surface area contributed by atoms with E-state index in [1.54, 1.807) is 4.90 Å². The Balaban J connectivity index is 1.56. The molecule has 0 radical (unpaired) electrons. The standard InChI is InChI=1S/C18H22F3N3O3/c19-18(20,21)11-8-13(15(25)22-9-11)23-16(26)24-10-17(4-6-27-7-5-17)12-2-1-3-14(12)24/h8-9,12,14H,1-7,10H2,(H,22,25)(H,23,26)/t12-,14+/m1/s1. The lowest BCUT2D eigenvalue weighted by Gasteiger charge is -2.37. The zero-order chi connectivity index (χ0) is 19.2. The second-order valence-electron chi connectivity index (χ2n) is 7.77. The van der Waals surface area contributed by atoms with Crippen LogP contribution in [-0.4, -0.2) is 41.7 Å². The van der Waals surface area contributed by atoms with Gasteiger partial charge in [0, 0.05) is 32.0 Å². The van der Waals surface area contributed by atoms with Crippen molar-refractivity contribution in [2.45, 2.75) is 44.3 Å². The molecular formula is C18H22F3N3O3. The molecule has 9 heteroatoms. The van der Waals surface area contributed by atoms with Crippen LogP contribution in [0.1, 0.15) is 37.7 Å². The summed E-state index contributed by atoms with van der Waals surface area (Å²) >= 11 is 0. The highest BCUT2D eigenvalue weighted by Crippen LogP contribution is 2.53. The molecule has 1 aliphatic carbocycles. The van der Waals surface area contributed by atoms with Crippen molar-refractivity contribution in [3.05, 3.63) is 28.2 Å². The minimum Gasteiger partial charge on any atom is -0.381 e. The number of carbonyl (C=O) groups is 1. The summed E-state index contributed by atoms with van der Waals surface area (Å²) in [6.45, 7) is 1.91. The van der Waals surface area contributed by atoms with Crippen LogP contribution in [-0.2, 0) is 10.9 Å². The average Bonchev–Trinajstić information content (AvgIpc) is 3.20. The topological polar surface area (TPSA) is 74.4 Å². The Hall–Kier alpha value is -2.03. The third kappa shape index (κ3) is 3.22. The summed E-state index contributed by atoms with van der Waals surface area (Å²) in [5.74, 6) is 0.395. The number of carbonyl (C=O) groups excluding carboxylic acids is 1. The molecule has 1 saturated carbocycles. The number of nitrogens with zero attached hydrogens (tertiary/aromatic N) is 1. The van der Waals surface area contributed by atoms with Crippen LogP contribution in [0.5, 0.6) is 0 Å². The number of rotatable bonds is 1. The van der Waals surface area contributed by atoms with Crippen LogP contribution in [0.15, 0.2) is 17.1 Å². The number of urea groups is 1. The number of hydrogen-bond acceptors (Lipinski definition) is 3. The maximum absolute atomic E-state index is 12.9. The van der Waals surface area contributed by atoms with Crippen molar-refractivity contribution in [3.63, 3.8) is 0 Å². The Morgan fingerprint density at radius 1 is 1.30 bits per heavy atom. The predicted molar refractivity (Wildman–Crippen MR) is 91.4 cm³/mol. The molecule has 27 heavy (non-hydrogen) atoms. The molecule has 2 aliphatic heterocycles. The molecule has 2 N–H and O–H groups in total. The van der Waals surface area contributed by atoms with E-state index < -0.39 is 23.3 Å². The summed E-state index contributed by atoms with van der Waals surface area (Å²) in [7, 11) is 0. The highest BCUT2D eigenvalue weighted by molar-refractivity contribution is 5.89. The third-order valence-electron chi connectivity index (χ3n) is 6.37. The van der Waals surface area contributed by atoms with E-state index >= 15 is 0 Å². The summed E-state index contributed by atoms with van der Waals surface area (Å²) in [5.41, 5.74) is -2.10. The number of halogens is 3. The van der Waals surface area contributed by atoms with Gasteiger partial charge in [0.1, 0.15) is 5.69 Å². The molecule has 1 aromatic heterocycles. The minimum atomic E-state index is -4.60. The summed E-state index contributed by atoms with van der Waals surface area (Å²) in [6.07, 6.45) is 0.770. The molecule has 0 unspecified atom stereocenters. The van der Waals surface area contributed by atoms with Gasteiger partial charge >= 0.3 is 12.2 Å². The number of amides is 2. The normalized spacial score (nSPS) is 27.0. The number of aromatic nitrogens is 1. The summed E-state index contributed by atoms with van der Waals surface area (Å²) in [5, 5.41) is 2.41. The van der Waals surface area contributed by atoms with Crippen molar-refractivity contribution in [1.29, 1.82) is 0 Å². The summed E-state index contributed by atoms with van der Waals surface area (Å²) in [4.78, 5) is 28.5. The van der Waals surface area contributed by atoms with E-state index in [9.17, 15) is 22.8 Å². The van der Waals surface area contributed by atoms with E-state index in [0.29, 0.717) is 37.9 Å². The van der Waals surface area contributed by atoms with Crippen LogP contribution < -0.4 is 10.9 Å². The van der Waals surface area contributed by atoms with Crippen molar-refractivity contribution >= 4 is 11.7 Å². The fourth-order valence-corrected chi connectivity index (χ4v) is 5.06. The van der Waals surface area contributed by atoms with Crippen molar-refractivity contribution in [3.8, 4) is 0 Å². The van der Waals surface area contributed by atoms with Crippen molar-refractivity contribution in [1.82, 2.24) is 9.88 Å². The van der Waals surface area contributed by atoms with E-state index in [0.717, 1.165) is 32.1 Å². The van der Waals surface area contributed by atoms with Crippen LogP contribution in [0.3, 0.4) is 0 Å². The van der Waals surface area contributed by atoms with Crippen molar-refractivity contribution < 1.29 is 22.7 Å². The van der Waals surface area contributed by atoms with Crippen molar-refractivity contribution in [2.75, 3.05) is 25.1 Å². The predicted octanol–water partition coefficient (Wildman–Crippen LogP) is 3.21. The number of H-pyrrole nitrogens is 1. The number of pyridine rings is 1. The molecule has 1 aromatic rings. The fourth-order valence-electron chi connectivity index (χ4n) is 5.06. The zero-order valence-corrected chi connectivity index (χ0v) is 14.8. The van der Waals surface area contributed by atoms with Crippen LogP contribution >= 0.6 is 0 Å². The second-order valence-corrected chi connectivity index (χ2v) is 7.77. The first-order valence-electron chi connectivity index (χ1n) is 9.25. The van der Waals surface area contributed by atoms with E-state index in [-0.39, 0.29) is 17.1 Å². The number of alkyl halides is 3. The number of aromatic amines is 1. The van der Waals surface area contributed by atoms with Gasteiger partial charge in [-0.3, -0.25) is 4.79 Å². The first kappa shape index (κ1) is 18.3. The number of fused-ring (bicyclic) bond motifs is 2. The van der Waals surface area contributed by atoms with E-state index in [1.165, 1.54) is 0 Å². The number of nitrogens with one attached hydrogen (secondary N) is 2. The minimum absolute atomic E-state index is 0.0248. The van der Waals surface area contributed by atoms with Crippen LogP contribution in [0.25, 0.3) is 0 Å². The molecule has 148 valence electrons. The molecule has 2 amide bonds. The van der Waals surface area contributed by atoms with Gasteiger partial charge in [-0.1, -0.05) is 6.42 Å². The van der Waals surface area contributed by atoms with Gasteiger partial charge in [0.05, 0.1) is 5.56 Å². The molecule has 2 saturated heterocycles. The van der Waals surface area contributed by atoms with Gasteiger partial charge in [0.2, 0.25) is 0 Å². The van der Waals surface area contributed by atoms with Gasteiger partial charge < -0.3 is 19.9 Å². The average molecular weight is 385 g/mol. The lowest BCUT2D eigenvalue weighted by molar-refractivity contribution is -0.137. The number of ether oxygens (including phenoxy) is 1. The maximum Gasteiger partial charge on any atom is 0.417 e. The third-order valence-corrected chi connectivity index (χ3v) is 6.37. The fraction of sp³-hybridized carbons (Fsp3) is 0.667. The number of hydrogen-bond donors (Lipinski definition) is 2. The van der Waals surface area contributed by atoms with Gasteiger partial charge in [-0.05, 0) is 43.1 Å². The Labute approximate surface area is 154 Å². The molecule has 3 fully saturated rings. The first-order valence-corrected chi connectivity index (χ1v) is 9.25. The molecule has 0 aromatic carbocycles. The molecule has 6 nitrogen and oxygen atoms in total. The Morgan fingerprint density at radius 2 is 2.04 bits per heavy atom. The van der Waals surface area contributed by atoms with Gasteiger partial charge in [-0.2, -0.15) is 13.2 Å². The van der Waals surface area contributed by atoms with Gasteiger partial charge in [-0.15, -0.1) is 0 Å². The number of likely N-dealkylation sites (tertiary alicyclic amines) is 1. The van der Waals surface area contributed by atoms with Crippen LogP contribution in [0.2, 0.25) is 0 Å². The Bertz CT molecular complexity index is 786. The van der Waals surface area contributed by atoms with Gasteiger partial charge in [-0.25, -0.2) is 4.79 Å². The Morgan fingerprint density at radius 3 is 2.74 bits per heavy atom. The van der Waals surface area contributed by atoms with E-state index in [2.05, 4.69) is 5.32 Å². The van der Waals surface area contributed by atoms with Gasteiger partial charge in [0.25, 0.3) is 5.56 Å². The quantitative estimate of drug-likeness (QED) is 0.780. The molecular weight excluding hydrogens is 363 g/mol. The SMILES string of the molecule is O=C(Nc1cc(C(F)(F)F)c[nH]c1=O)N1CC2(CCOCC2)[C@@H]2CCC[C@@H]21. The molecule has 3 aliphatic rings. The van der Waals surface area contributed by atoms with E-state index in [1.807, 2.05) is 4.98 Å². The highest BCUT2D eigenvalue weighted by Gasteiger charge is 2.55. The summed E-state index contributed by atoms with van der Waals surface area (Å²) in [6, 6.07) is 0.261. The monoisotopic (exact) mass is 385 g/mol.